The van der Waals surface area contributed by atoms with Crippen LogP contribution in [-0.4, -0.2) is 23.1 Å². The summed E-state index contributed by atoms with van der Waals surface area (Å²) in [5.74, 6) is -0.791. The minimum atomic E-state index is -0.733. The van der Waals surface area contributed by atoms with Crippen LogP contribution in [-0.2, 0) is 14.3 Å². The zero-order valence-electron chi connectivity index (χ0n) is 27.3. The highest BCUT2D eigenvalue weighted by atomic mass is 16.5. The van der Waals surface area contributed by atoms with Gasteiger partial charge in [-0.15, -0.1) is 0 Å². The summed E-state index contributed by atoms with van der Waals surface area (Å²) in [5, 5.41) is 8.81. The van der Waals surface area contributed by atoms with Gasteiger partial charge < -0.3 is 9.84 Å². The predicted molar refractivity (Wildman–Crippen MR) is 181 cm³/mol. The SMILES string of the molecule is CC/C=C\C/C=C\C/C=C\C/C=C\C/C=C\CCCCCCCC(=O)OC(CCCCCCC)CCCCCC(=O)O. The molecule has 0 radical (unpaired) electrons. The molecule has 1 atom stereocenters. The Morgan fingerprint density at radius 3 is 1.57 bits per heavy atom. The molecule has 0 saturated carbocycles. The third-order valence-corrected chi connectivity index (χ3v) is 7.25. The van der Waals surface area contributed by atoms with Crippen molar-refractivity contribution < 1.29 is 19.4 Å². The lowest BCUT2D eigenvalue weighted by Gasteiger charge is -2.18. The molecule has 0 aromatic heterocycles. The second kappa shape index (κ2) is 33.1. The Balaban J connectivity index is 3.85. The van der Waals surface area contributed by atoms with E-state index in [1.807, 2.05) is 0 Å². The number of aliphatic carboxylic acids is 1. The summed E-state index contributed by atoms with van der Waals surface area (Å²) in [5.41, 5.74) is 0. The van der Waals surface area contributed by atoms with Crippen molar-refractivity contribution in [3.8, 4) is 0 Å². The summed E-state index contributed by atoms with van der Waals surface area (Å²) in [6.07, 6.45) is 45.3. The van der Waals surface area contributed by atoms with Crippen molar-refractivity contribution in [1.29, 1.82) is 0 Å². The Morgan fingerprint density at radius 1 is 0.548 bits per heavy atom. The molecular formula is C38H64O4. The van der Waals surface area contributed by atoms with Gasteiger partial charge in [-0.05, 0) is 83.5 Å². The van der Waals surface area contributed by atoms with E-state index < -0.39 is 5.97 Å². The summed E-state index contributed by atoms with van der Waals surface area (Å²) < 4.78 is 5.85. The van der Waals surface area contributed by atoms with Crippen molar-refractivity contribution >= 4 is 11.9 Å². The number of carboxylic acids is 1. The average molecular weight is 585 g/mol. The predicted octanol–water partition coefficient (Wildman–Crippen LogP) is 11.8. The fourth-order valence-electron chi connectivity index (χ4n) is 4.74. The fraction of sp³-hybridized carbons (Fsp3) is 0.684. The van der Waals surface area contributed by atoms with Crippen LogP contribution >= 0.6 is 0 Å². The van der Waals surface area contributed by atoms with Crippen LogP contribution in [0.5, 0.6) is 0 Å². The van der Waals surface area contributed by atoms with Crippen molar-refractivity contribution in [2.75, 3.05) is 0 Å². The first-order valence-electron chi connectivity index (χ1n) is 17.3. The van der Waals surface area contributed by atoms with Crippen molar-refractivity contribution in [2.24, 2.45) is 0 Å². The van der Waals surface area contributed by atoms with E-state index in [2.05, 4.69) is 74.6 Å². The average Bonchev–Trinajstić information content (AvgIpc) is 2.97. The van der Waals surface area contributed by atoms with Gasteiger partial charge in [0.1, 0.15) is 6.10 Å². The molecule has 0 aromatic rings. The van der Waals surface area contributed by atoms with Crippen molar-refractivity contribution in [2.45, 2.75) is 168 Å². The highest BCUT2D eigenvalue weighted by Crippen LogP contribution is 2.17. The van der Waals surface area contributed by atoms with E-state index in [0.29, 0.717) is 12.8 Å². The first-order chi connectivity index (χ1) is 20.6. The number of hydrogen-bond acceptors (Lipinski definition) is 3. The normalized spacial score (nSPS) is 13.0. The molecule has 0 saturated heterocycles. The van der Waals surface area contributed by atoms with E-state index in [1.165, 1.54) is 44.9 Å². The van der Waals surface area contributed by atoms with E-state index in [4.69, 9.17) is 9.84 Å². The standard InChI is InChI=1S/C38H64O4/c1-3-5-7-9-10-11-12-13-14-15-16-17-18-19-20-21-22-23-24-26-31-35-38(41)42-36(32-28-25-8-6-4-2)33-29-27-30-34-37(39)40/h5,7,10-11,13-14,16-17,19-20,36H,3-4,6,8-9,12,15,18,21-35H2,1-2H3,(H,39,40)/b7-5-,11-10-,14-13-,17-16-,20-19-. The smallest absolute Gasteiger partial charge is 0.306 e. The maximum absolute atomic E-state index is 12.4. The van der Waals surface area contributed by atoms with Gasteiger partial charge in [0.05, 0.1) is 0 Å². The minimum absolute atomic E-state index is 0.00702. The Bertz CT molecular complexity index is 759. The number of carbonyl (C=O) groups excluding carboxylic acids is 1. The molecule has 0 fully saturated rings. The van der Waals surface area contributed by atoms with Gasteiger partial charge in [0.2, 0.25) is 0 Å². The van der Waals surface area contributed by atoms with Gasteiger partial charge in [0.25, 0.3) is 0 Å². The zero-order valence-corrected chi connectivity index (χ0v) is 27.3. The molecular weight excluding hydrogens is 520 g/mol. The fourth-order valence-corrected chi connectivity index (χ4v) is 4.74. The monoisotopic (exact) mass is 584 g/mol. The van der Waals surface area contributed by atoms with E-state index in [-0.39, 0.29) is 18.5 Å². The molecule has 0 spiro atoms. The molecule has 0 aliphatic carbocycles. The molecule has 1 N–H and O–H groups in total. The molecule has 0 aromatic carbocycles. The molecule has 4 heteroatoms. The van der Waals surface area contributed by atoms with E-state index in [0.717, 1.165) is 83.5 Å². The molecule has 0 bridgehead atoms. The number of ether oxygens (including phenoxy) is 1. The lowest BCUT2D eigenvalue weighted by molar-refractivity contribution is -0.150. The van der Waals surface area contributed by atoms with Gasteiger partial charge >= 0.3 is 11.9 Å². The Kier molecular flexibility index (Phi) is 31.3. The highest BCUT2D eigenvalue weighted by Gasteiger charge is 2.14. The Labute approximate surface area is 259 Å². The van der Waals surface area contributed by atoms with Crippen LogP contribution in [0.15, 0.2) is 60.8 Å². The van der Waals surface area contributed by atoms with Crippen LogP contribution in [0.1, 0.15) is 162 Å². The number of carbonyl (C=O) groups is 2. The van der Waals surface area contributed by atoms with Crippen LogP contribution in [0.2, 0.25) is 0 Å². The number of unbranched alkanes of at least 4 members (excludes halogenated alkanes) is 11. The topological polar surface area (TPSA) is 63.6 Å². The van der Waals surface area contributed by atoms with Gasteiger partial charge in [0, 0.05) is 12.8 Å². The highest BCUT2D eigenvalue weighted by molar-refractivity contribution is 5.69. The number of rotatable bonds is 30. The third-order valence-electron chi connectivity index (χ3n) is 7.25. The quantitative estimate of drug-likeness (QED) is 0.0518. The van der Waals surface area contributed by atoms with Gasteiger partial charge in [0.15, 0.2) is 0 Å². The van der Waals surface area contributed by atoms with Crippen molar-refractivity contribution in [3.05, 3.63) is 60.8 Å². The van der Waals surface area contributed by atoms with Gasteiger partial charge in [-0.2, -0.15) is 0 Å². The maximum atomic E-state index is 12.4. The second-order valence-electron chi connectivity index (χ2n) is 11.3. The summed E-state index contributed by atoms with van der Waals surface area (Å²) in [6, 6.07) is 0. The minimum Gasteiger partial charge on any atom is -0.481 e. The Hall–Kier alpha value is -2.36. The zero-order chi connectivity index (χ0) is 30.8. The number of hydrogen-bond donors (Lipinski definition) is 1. The summed E-state index contributed by atoms with van der Waals surface area (Å²) in [7, 11) is 0. The first kappa shape index (κ1) is 39.6. The van der Waals surface area contributed by atoms with Crippen molar-refractivity contribution in [3.63, 3.8) is 0 Å². The number of carboxylic acid groups (broad SMARTS) is 1. The molecule has 0 rings (SSSR count). The summed E-state index contributed by atoms with van der Waals surface area (Å²) >= 11 is 0. The Morgan fingerprint density at radius 2 is 1.00 bits per heavy atom. The number of esters is 1. The summed E-state index contributed by atoms with van der Waals surface area (Å²) in [4.78, 5) is 23.2. The molecule has 42 heavy (non-hydrogen) atoms. The van der Waals surface area contributed by atoms with Crippen LogP contribution in [0.25, 0.3) is 0 Å². The molecule has 0 aliphatic rings. The van der Waals surface area contributed by atoms with Crippen LogP contribution in [0.3, 0.4) is 0 Å². The largest absolute Gasteiger partial charge is 0.481 e. The first-order valence-corrected chi connectivity index (χ1v) is 17.3. The van der Waals surface area contributed by atoms with Gasteiger partial charge in [-0.3, -0.25) is 9.59 Å². The molecule has 4 nitrogen and oxygen atoms in total. The van der Waals surface area contributed by atoms with E-state index >= 15 is 0 Å². The lowest BCUT2D eigenvalue weighted by atomic mass is 10.0. The van der Waals surface area contributed by atoms with E-state index in [9.17, 15) is 9.59 Å². The van der Waals surface area contributed by atoms with Gasteiger partial charge in [-0.1, -0.05) is 126 Å². The molecule has 1 unspecified atom stereocenters. The van der Waals surface area contributed by atoms with Crippen LogP contribution in [0, 0.1) is 0 Å². The lowest BCUT2D eigenvalue weighted by Crippen LogP contribution is -2.18. The molecule has 0 heterocycles. The molecule has 0 aliphatic heterocycles. The van der Waals surface area contributed by atoms with E-state index in [1.54, 1.807) is 0 Å². The second-order valence-corrected chi connectivity index (χ2v) is 11.3. The third kappa shape index (κ3) is 32.2. The number of allylic oxidation sites excluding steroid dienone is 10. The maximum Gasteiger partial charge on any atom is 0.306 e. The van der Waals surface area contributed by atoms with Crippen LogP contribution in [0.4, 0.5) is 0 Å². The van der Waals surface area contributed by atoms with Crippen LogP contribution < -0.4 is 0 Å². The summed E-state index contributed by atoms with van der Waals surface area (Å²) in [6.45, 7) is 4.37. The van der Waals surface area contributed by atoms with Gasteiger partial charge in [-0.25, -0.2) is 0 Å². The molecule has 0 amide bonds. The molecule has 240 valence electrons. The van der Waals surface area contributed by atoms with Crippen molar-refractivity contribution in [1.82, 2.24) is 0 Å².